The fourth-order valence-corrected chi connectivity index (χ4v) is 1.66. The highest BCUT2D eigenvalue weighted by molar-refractivity contribution is 5.76. The number of rotatable bonds is 2. The molecule has 1 aliphatic rings. The Morgan fingerprint density at radius 1 is 1.69 bits per heavy atom. The van der Waals surface area contributed by atoms with Crippen LogP contribution in [-0.2, 0) is 4.79 Å². The van der Waals surface area contributed by atoms with Crippen LogP contribution in [0.1, 0.15) is 13.8 Å². The Balaban J connectivity index is 2.79. The topological polar surface area (TPSA) is 61.1 Å². The number of carboxylic acid groups (broad SMARTS) is 1. The Morgan fingerprint density at radius 3 is 2.54 bits per heavy atom. The van der Waals surface area contributed by atoms with E-state index in [2.05, 4.69) is 0 Å². The molecule has 4 heteroatoms. The van der Waals surface area contributed by atoms with Gasteiger partial charge in [0.1, 0.15) is 6.07 Å². The predicted octanol–water partition coefficient (Wildman–Crippen LogP) is 1.72. The Hall–Kier alpha value is -1.37. The van der Waals surface area contributed by atoms with Gasteiger partial charge in [-0.2, -0.15) is 9.65 Å². The molecule has 0 saturated heterocycles. The lowest BCUT2D eigenvalue weighted by Gasteiger charge is -1.95. The van der Waals surface area contributed by atoms with Crippen molar-refractivity contribution in [3.8, 4) is 6.07 Å². The maximum atomic E-state index is 12.5. The van der Waals surface area contributed by atoms with E-state index >= 15 is 0 Å². The van der Waals surface area contributed by atoms with Gasteiger partial charge in [-0.3, -0.25) is 4.79 Å². The Labute approximate surface area is 75.5 Å². The van der Waals surface area contributed by atoms with Crippen LogP contribution in [0.3, 0.4) is 0 Å². The molecule has 3 nitrogen and oxygen atoms in total. The van der Waals surface area contributed by atoms with Crippen molar-refractivity contribution in [2.45, 2.75) is 13.8 Å². The van der Waals surface area contributed by atoms with Crippen LogP contribution in [0.15, 0.2) is 11.9 Å². The Kier molecular flexibility index (Phi) is 2.12. The summed E-state index contributed by atoms with van der Waals surface area (Å²) in [5, 5.41) is 16.9. The molecule has 1 saturated carbocycles. The summed E-state index contributed by atoms with van der Waals surface area (Å²) in [7, 11) is 0. The molecule has 0 aliphatic heterocycles. The van der Waals surface area contributed by atoms with Crippen LogP contribution in [-0.4, -0.2) is 11.1 Å². The third kappa shape index (κ3) is 1.55. The number of carbonyl (C=O) groups is 1. The van der Waals surface area contributed by atoms with Gasteiger partial charge < -0.3 is 5.11 Å². The molecule has 0 heterocycles. The largest absolute Gasteiger partial charge is 0.481 e. The van der Waals surface area contributed by atoms with E-state index in [1.807, 2.05) is 0 Å². The van der Waals surface area contributed by atoms with Gasteiger partial charge in [-0.25, -0.2) is 0 Å². The fourth-order valence-electron chi connectivity index (χ4n) is 1.66. The summed E-state index contributed by atoms with van der Waals surface area (Å²) in [6.45, 7) is 3.50. The lowest BCUT2D eigenvalue weighted by molar-refractivity contribution is -0.139. The molecule has 0 amide bonds. The minimum atomic E-state index is -0.933. The van der Waals surface area contributed by atoms with Crippen LogP contribution < -0.4 is 0 Å². The SMILES string of the molecule is CC1(C)[C@H](C=C(F)C#N)[C@H]1C(=O)O. The van der Waals surface area contributed by atoms with Crippen molar-refractivity contribution in [2.24, 2.45) is 17.3 Å². The molecule has 0 bridgehead atoms. The third-order valence-corrected chi connectivity index (χ3v) is 2.61. The standard InChI is InChI=1S/C9H10FNO2/c1-9(2)6(3-5(10)4-11)7(9)8(12)13/h3,6-7H,1-2H3,(H,12,13)/t6-,7+/m1/s1. The average Bonchev–Trinajstić information content (AvgIpc) is 2.53. The number of halogens is 1. The number of hydrogen-bond donors (Lipinski definition) is 1. The third-order valence-electron chi connectivity index (χ3n) is 2.61. The van der Waals surface area contributed by atoms with Gasteiger partial charge in [-0.05, 0) is 11.5 Å². The van der Waals surface area contributed by atoms with E-state index in [1.54, 1.807) is 13.8 Å². The van der Waals surface area contributed by atoms with Gasteiger partial charge in [-0.1, -0.05) is 13.8 Å². The summed E-state index contributed by atoms with van der Waals surface area (Å²) in [4.78, 5) is 10.6. The molecule has 0 unspecified atom stereocenters. The zero-order valence-electron chi connectivity index (χ0n) is 7.41. The quantitative estimate of drug-likeness (QED) is 0.663. The van der Waals surface area contributed by atoms with E-state index < -0.39 is 23.1 Å². The van der Waals surface area contributed by atoms with E-state index in [0.717, 1.165) is 6.08 Å². The van der Waals surface area contributed by atoms with Crippen LogP contribution in [0, 0.1) is 28.6 Å². The maximum Gasteiger partial charge on any atom is 0.307 e. The maximum absolute atomic E-state index is 12.5. The van der Waals surface area contributed by atoms with Gasteiger partial charge in [-0.15, -0.1) is 0 Å². The molecule has 0 radical (unpaired) electrons. The second-order valence-corrected chi connectivity index (χ2v) is 3.79. The first-order valence-electron chi connectivity index (χ1n) is 3.91. The summed E-state index contributed by atoms with van der Waals surface area (Å²) in [5.74, 6) is -2.75. The summed E-state index contributed by atoms with van der Waals surface area (Å²) in [6.07, 6.45) is 1.10. The zero-order valence-corrected chi connectivity index (χ0v) is 7.41. The van der Waals surface area contributed by atoms with E-state index in [9.17, 15) is 9.18 Å². The summed E-state index contributed by atoms with van der Waals surface area (Å²) in [5.41, 5.74) is -0.431. The van der Waals surface area contributed by atoms with Crippen molar-refractivity contribution >= 4 is 5.97 Å². The average molecular weight is 183 g/mol. The normalized spacial score (nSPS) is 30.8. The lowest BCUT2D eigenvalue weighted by atomic mass is 10.1. The van der Waals surface area contributed by atoms with Crippen LogP contribution >= 0.6 is 0 Å². The van der Waals surface area contributed by atoms with Crippen molar-refractivity contribution in [1.82, 2.24) is 0 Å². The molecule has 0 aromatic rings. The molecule has 1 rings (SSSR count). The molecule has 0 aromatic carbocycles. The lowest BCUT2D eigenvalue weighted by Crippen LogP contribution is -2.02. The second kappa shape index (κ2) is 2.84. The Bertz CT molecular complexity index is 314. The van der Waals surface area contributed by atoms with Crippen LogP contribution in [0.4, 0.5) is 4.39 Å². The highest BCUT2D eigenvalue weighted by Gasteiger charge is 2.61. The van der Waals surface area contributed by atoms with E-state index in [-0.39, 0.29) is 5.92 Å². The molecule has 0 spiro atoms. The van der Waals surface area contributed by atoms with Crippen molar-refractivity contribution in [1.29, 1.82) is 5.26 Å². The molecule has 70 valence electrons. The van der Waals surface area contributed by atoms with E-state index in [4.69, 9.17) is 10.4 Å². The first-order valence-corrected chi connectivity index (χ1v) is 3.91. The summed E-state index contributed by atoms with van der Waals surface area (Å²) >= 11 is 0. The van der Waals surface area contributed by atoms with Crippen molar-refractivity contribution in [3.63, 3.8) is 0 Å². The molecule has 0 aromatic heterocycles. The highest BCUT2D eigenvalue weighted by atomic mass is 19.1. The van der Waals surface area contributed by atoms with Crippen molar-refractivity contribution in [2.75, 3.05) is 0 Å². The molecule has 1 N–H and O–H groups in total. The molecule has 1 aliphatic carbocycles. The van der Waals surface area contributed by atoms with Gasteiger partial charge >= 0.3 is 5.97 Å². The van der Waals surface area contributed by atoms with Gasteiger partial charge in [0.2, 0.25) is 0 Å². The van der Waals surface area contributed by atoms with Crippen molar-refractivity contribution < 1.29 is 14.3 Å². The first-order chi connectivity index (χ1) is 5.91. The van der Waals surface area contributed by atoms with Gasteiger partial charge in [0.05, 0.1) is 5.92 Å². The molecule has 13 heavy (non-hydrogen) atoms. The van der Waals surface area contributed by atoms with Gasteiger partial charge in [0, 0.05) is 5.92 Å². The van der Waals surface area contributed by atoms with Gasteiger partial charge in [0.15, 0.2) is 5.83 Å². The first kappa shape index (κ1) is 9.72. The summed E-state index contributed by atoms with van der Waals surface area (Å²) < 4.78 is 12.5. The molecular weight excluding hydrogens is 173 g/mol. The van der Waals surface area contributed by atoms with E-state index in [1.165, 1.54) is 6.07 Å². The van der Waals surface area contributed by atoms with Crippen LogP contribution in [0.5, 0.6) is 0 Å². The molecule has 1 fully saturated rings. The van der Waals surface area contributed by atoms with Crippen LogP contribution in [0.2, 0.25) is 0 Å². The number of carboxylic acids is 1. The smallest absolute Gasteiger partial charge is 0.307 e. The van der Waals surface area contributed by atoms with Crippen LogP contribution in [0.25, 0.3) is 0 Å². The minimum Gasteiger partial charge on any atom is -0.481 e. The predicted molar refractivity (Wildman–Crippen MR) is 43.2 cm³/mol. The Morgan fingerprint density at radius 2 is 2.23 bits per heavy atom. The molecule has 2 atom stereocenters. The number of aliphatic carboxylic acids is 1. The fraction of sp³-hybridized carbons (Fsp3) is 0.556. The monoisotopic (exact) mass is 183 g/mol. The minimum absolute atomic E-state index is 0.357. The number of allylic oxidation sites excluding steroid dienone is 2. The van der Waals surface area contributed by atoms with Gasteiger partial charge in [0.25, 0.3) is 0 Å². The van der Waals surface area contributed by atoms with Crippen molar-refractivity contribution in [3.05, 3.63) is 11.9 Å². The van der Waals surface area contributed by atoms with E-state index in [0.29, 0.717) is 0 Å². The number of nitrogens with zero attached hydrogens (tertiary/aromatic N) is 1. The second-order valence-electron chi connectivity index (χ2n) is 3.79. The molecular formula is C9H10FNO2. The number of hydrogen-bond acceptors (Lipinski definition) is 2. The highest BCUT2D eigenvalue weighted by Crippen LogP contribution is 2.59. The zero-order chi connectivity index (χ0) is 10.2. The summed E-state index contributed by atoms with van der Waals surface area (Å²) in [6, 6.07) is 1.34. The number of nitriles is 1.